The van der Waals surface area contributed by atoms with Crippen LogP contribution in [0.25, 0.3) is 6.08 Å². The van der Waals surface area contributed by atoms with Crippen molar-refractivity contribution in [2.24, 2.45) is 0 Å². The third kappa shape index (κ3) is 3.03. The molecular formula is C21H24NO4+. The summed E-state index contributed by atoms with van der Waals surface area (Å²) in [4.78, 5) is 14.1. The molecule has 1 saturated heterocycles. The number of phenolic OH excluding ortho intramolecular Hbond substituents is 1. The number of furan rings is 1. The van der Waals surface area contributed by atoms with Crippen molar-refractivity contribution in [3.05, 3.63) is 52.7 Å². The molecule has 1 unspecified atom stereocenters. The maximum absolute atomic E-state index is 12.7. The molecule has 5 nitrogen and oxygen atoms in total. The average molecular weight is 354 g/mol. The van der Waals surface area contributed by atoms with Crippen LogP contribution in [0.1, 0.15) is 53.6 Å². The van der Waals surface area contributed by atoms with Gasteiger partial charge in [-0.3, -0.25) is 4.79 Å². The first kappa shape index (κ1) is 16.9. The first-order valence-corrected chi connectivity index (χ1v) is 9.23. The average Bonchev–Trinajstić information content (AvgIpc) is 3.16. The summed E-state index contributed by atoms with van der Waals surface area (Å²) < 4.78 is 11.4. The maximum Gasteiger partial charge on any atom is 0.232 e. The van der Waals surface area contributed by atoms with E-state index in [-0.39, 0.29) is 17.3 Å². The van der Waals surface area contributed by atoms with Gasteiger partial charge in [0.05, 0.1) is 23.7 Å². The van der Waals surface area contributed by atoms with Crippen LogP contribution in [0.5, 0.6) is 11.5 Å². The number of benzene rings is 1. The van der Waals surface area contributed by atoms with Gasteiger partial charge < -0.3 is 19.2 Å². The molecule has 1 fully saturated rings. The number of likely N-dealkylation sites (tertiary alicyclic amines) is 1. The van der Waals surface area contributed by atoms with Gasteiger partial charge in [-0.25, -0.2) is 0 Å². The second-order valence-electron chi connectivity index (χ2n) is 7.31. The normalized spacial score (nSPS) is 23.9. The van der Waals surface area contributed by atoms with Crippen molar-refractivity contribution in [3.63, 3.8) is 0 Å². The number of carbonyl (C=O) groups excluding carboxylic acids is 1. The highest BCUT2D eigenvalue weighted by Crippen LogP contribution is 2.39. The maximum atomic E-state index is 12.7. The largest absolute Gasteiger partial charge is 0.507 e. The minimum Gasteiger partial charge on any atom is -0.507 e. The Hall–Kier alpha value is -2.53. The zero-order chi connectivity index (χ0) is 18.3. The van der Waals surface area contributed by atoms with Gasteiger partial charge in [0.2, 0.25) is 5.78 Å². The van der Waals surface area contributed by atoms with Crippen molar-refractivity contribution in [2.75, 3.05) is 6.54 Å². The van der Waals surface area contributed by atoms with Gasteiger partial charge in [-0.15, -0.1) is 0 Å². The number of hydrogen-bond acceptors (Lipinski definition) is 4. The number of fused-ring (bicyclic) bond motifs is 1. The minimum atomic E-state index is -0.169. The fraction of sp³-hybridized carbons (Fsp3) is 0.381. The Kier molecular flexibility index (Phi) is 4.32. The fourth-order valence-electron chi connectivity index (χ4n) is 3.87. The van der Waals surface area contributed by atoms with Crippen LogP contribution in [0.15, 0.2) is 34.4 Å². The summed E-state index contributed by atoms with van der Waals surface area (Å²) in [7, 11) is 0. The van der Waals surface area contributed by atoms with Crippen LogP contribution < -0.4 is 9.64 Å². The van der Waals surface area contributed by atoms with E-state index in [1.807, 2.05) is 13.0 Å². The van der Waals surface area contributed by atoms with E-state index in [0.717, 1.165) is 17.9 Å². The van der Waals surface area contributed by atoms with E-state index < -0.39 is 0 Å². The number of ketones is 1. The first-order valence-electron chi connectivity index (χ1n) is 9.23. The lowest BCUT2D eigenvalue weighted by Gasteiger charge is -2.30. The lowest BCUT2D eigenvalue weighted by molar-refractivity contribution is -0.941. The molecule has 0 bridgehead atoms. The van der Waals surface area contributed by atoms with Gasteiger partial charge >= 0.3 is 0 Å². The SMILES string of the molecule is Cc1ccc(/C=C2\Oc3c(ccc(O)c3C[NH+]3CCCC[C@@H]3C)C2=O)o1. The van der Waals surface area contributed by atoms with Gasteiger partial charge in [0, 0.05) is 6.08 Å². The molecule has 4 rings (SSSR count). The number of nitrogens with one attached hydrogen (secondary N) is 1. The molecule has 0 aliphatic carbocycles. The highest BCUT2D eigenvalue weighted by atomic mass is 16.5. The molecule has 1 aromatic carbocycles. The van der Waals surface area contributed by atoms with Crippen molar-refractivity contribution in [1.29, 1.82) is 0 Å². The Morgan fingerprint density at radius 2 is 2.12 bits per heavy atom. The van der Waals surface area contributed by atoms with Crippen LogP contribution in [0.4, 0.5) is 0 Å². The first-order chi connectivity index (χ1) is 12.5. The zero-order valence-electron chi connectivity index (χ0n) is 15.2. The highest BCUT2D eigenvalue weighted by Gasteiger charge is 2.34. The molecule has 2 aromatic rings. The van der Waals surface area contributed by atoms with Crippen molar-refractivity contribution in [1.82, 2.24) is 0 Å². The third-order valence-electron chi connectivity index (χ3n) is 5.44. The van der Waals surface area contributed by atoms with Crippen LogP contribution in [0.3, 0.4) is 0 Å². The van der Waals surface area contributed by atoms with E-state index in [1.165, 1.54) is 24.2 Å². The molecule has 0 radical (unpaired) electrons. The Labute approximate surface area is 152 Å². The van der Waals surface area contributed by atoms with Crippen molar-refractivity contribution in [3.8, 4) is 11.5 Å². The number of hydrogen-bond donors (Lipinski definition) is 2. The number of Topliss-reactive ketones (excluding diaryl/α,β-unsaturated/α-hetero) is 1. The monoisotopic (exact) mass is 354 g/mol. The summed E-state index contributed by atoms with van der Waals surface area (Å²) in [6, 6.07) is 7.43. The molecule has 2 N–H and O–H groups in total. The smallest absolute Gasteiger partial charge is 0.232 e. The third-order valence-corrected chi connectivity index (χ3v) is 5.44. The summed E-state index contributed by atoms with van der Waals surface area (Å²) in [5, 5.41) is 10.4. The van der Waals surface area contributed by atoms with Crippen LogP contribution in [0, 0.1) is 6.92 Å². The molecule has 1 aromatic heterocycles. The molecule has 0 saturated carbocycles. The summed E-state index contributed by atoms with van der Waals surface area (Å²) >= 11 is 0. The number of allylic oxidation sites excluding steroid dienone is 1. The van der Waals surface area contributed by atoms with Crippen LogP contribution >= 0.6 is 0 Å². The predicted octanol–water partition coefficient (Wildman–Crippen LogP) is 2.87. The van der Waals surface area contributed by atoms with Crippen molar-refractivity contribution >= 4 is 11.9 Å². The van der Waals surface area contributed by atoms with Gasteiger partial charge in [-0.05, 0) is 57.4 Å². The standard InChI is InChI=1S/C21H23NO4/c1-13-5-3-4-10-22(13)12-17-18(23)9-8-16-20(24)19(26-21(16)17)11-15-7-6-14(2)25-15/h6-9,11,13,23H,3-5,10,12H2,1-2H3/p+1/b19-11-/t13-/m0/s1. The molecule has 2 aliphatic heterocycles. The number of rotatable bonds is 3. The number of aryl methyl sites for hydroxylation is 1. The quantitative estimate of drug-likeness (QED) is 0.832. The van der Waals surface area contributed by atoms with Gasteiger partial charge in [0.15, 0.2) is 11.5 Å². The summed E-state index contributed by atoms with van der Waals surface area (Å²) in [6.45, 7) is 5.83. The van der Waals surface area contributed by atoms with Crippen LogP contribution in [-0.4, -0.2) is 23.5 Å². The Bertz CT molecular complexity index is 880. The highest BCUT2D eigenvalue weighted by molar-refractivity contribution is 6.14. The predicted molar refractivity (Wildman–Crippen MR) is 97.3 cm³/mol. The van der Waals surface area contributed by atoms with Crippen molar-refractivity contribution in [2.45, 2.75) is 45.7 Å². The lowest BCUT2D eigenvalue weighted by Crippen LogP contribution is -3.14. The van der Waals surface area contributed by atoms with E-state index in [0.29, 0.717) is 29.7 Å². The number of phenols is 1. The molecule has 2 aliphatic rings. The van der Waals surface area contributed by atoms with Gasteiger partial charge in [-0.1, -0.05) is 0 Å². The minimum absolute atomic E-state index is 0.169. The Morgan fingerprint density at radius 3 is 2.85 bits per heavy atom. The van der Waals surface area contributed by atoms with Gasteiger partial charge in [0.25, 0.3) is 0 Å². The van der Waals surface area contributed by atoms with Gasteiger partial charge in [0.1, 0.15) is 23.8 Å². The Balaban J connectivity index is 1.66. The number of ether oxygens (including phenoxy) is 1. The van der Waals surface area contributed by atoms with E-state index in [9.17, 15) is 9.90 Å². The number of aromatic hydroxyl groups is 1. The van der Waals surface area contributed by atoms with Crippen LogP contribution in [-0.2, 0) is 6.54 Å². The topological polar surface area (TPSA) is 64.1 Å². The van der Waals surface area contributed by atoms with E-state index >= 15 is 0 Å². The molecule has 2 atom stereocenters. The molecule has 0 spiro atoms. The van der Waals surface area contributed by atoms with E-state index in [4.69, 9.17) is 9.15 Å². The molecular weight excluding hydrogens is 330 g/mol. The lowest BCUT2D eigenvalue weighted by atomic mass is 10.0. The molecule has 5 heteroatoms. The fourth-order valence-corrected chi connectivity index (χ4v) is 3.87. The number of quaternary nitrogens is 1. The van der Waals surface area contributed by atoms with E-state index in [2.05, 4.69) is 6.92 Å². The number of carbonyl (C=O) groups is 1. The second-order valence-corrected chi connectivity index (χ2v) is 7.31. The summed E-state index contributed by atoms with van der Waals surface area (Å²) in [5.74, 6) is 2.12. The summed E-state index contributed by atoms with van der Waals surface area (Å²) in [5.41, 5.74) is 1.23. The van der Waals surface area contributed by atoms with Crippen molar-refractivity contribution < 1.29 is 24.0 Å². The second kappa shape index (κ2) is 6.65. The molecule has 26 heavy (non-hydrogen) atoms. The molecule has 136 valence electrons. The summed E-state index contributed by atoms with van der Waals surface area (Å²) in [6.07, 6.45) is 5.26. The Morgan fingerprint density at radius 1 is 1.27 bits per heavy atom. The van der Waals surface area contributed by atoms with Crippen LogP contribution in [0.2, 0.25) is 0 Å². The molecule has 3 heterocycles. The number of piperidine rings is 1. The van der Waals surface area contributed by atoms with Gasteiger partial charge in [-0.2, -0.15) is 0 Å². The van der Waals surface area contributed by atoms with E-state index in [1.54, 1.807) is 24.3 Å². The zero-order valence-corrected chi connectivity index (χ0v) is 15.2. The molecule has 0 amide bonds.